The molecule has 1 saturated heterocycles. The van der Waals surface area contributed by atoms with E-state index >= 15 is 0 Å². The zero-order valence-electron chi connectivity index (χ0n) is 11.3. The SMILES string of the molecule is NC(=O)[C@@H]1CN(c2nc(-c3cc(Cl)cc(Cl)c3)no2)CCO1. The molecular formula is C13H12Cl2N4O3. The smallest absolute Gasteiger partial charge is 0.324 e. The molecule has 2 aromatic rings. The fraction of sp³-hybridized carbons (Fsp3) is 0.308. The molecular weight excluding hydrogens is 331 g/mol. The van der Waals surface area contributed by atoms with Crippen molar-refractivity contribution in [1.29, 1.82) is 0 Å². The second kappa shape index (κ2) is 6.12. The molecule has 1 aliphatic rings. The summed E-state index contributed by atoms with van der Waals surface area (Å²) in [6, 6.07) is 5.29. The van der Waals surface area contributed by atoms with Crippen molar-refractivity contribution in [3.63, 3.8) is 0 Å². The molecule has 2 N–H and O–H groups in total. The molecule has 116 valence electrons. The number of hydrogen-bond donors (Lipinski definition) is 1. The van der Waals surface area contributed by atoms with Gasteiger partial charge < -0.3 is 19.9 Å². The average Bonchev–Trinajstić information content (AvgIpc) is 2.96. The maximum Gasteiger partial charge on any atom is 0.324 e. The molecule has 1 atom stereocenters. The van der Waals surface area contributed by atoms with Crippen LogP contribution in [0.15, 0.2) is 22.7 Å². The minimum atomic E-state index is -0.690. The molecule has 1 aromatic heterocycles. The van der Waals surface area contributed by atoms with Crippen LogP contribution in [0.3, 0.4) is 0 Å². The van der Waals surface area contributed by atoms with Crippen molar-refractivity contribution in [2.24, 2.45) is 5.73 Å². The molecule has 0 aliphatic carbocycles. The Labute approximate surface area is 135 Å². The van der Waals surface area contributed by atoms with Gasteiger partial charge in [-0.15, -0.1) is 0 Å². The van der Waals surface area contributed by atoms with E-state index in [1.807, 2.05) is 0 Å². The van der Waals surface area contributed by atoms with E-state index in [9.17, 15) is 4.79 Å². The number of ether oxygens (including phenoxy) is 1. The Hall–Kier alpha value is -1.83. The molecule has 0 bridgehead atoms. The second-order valence-corrected chi connectivity index (χ2v) is 5.64. The summed E-state index contributed by atoms with van der Waals surface area (Å²) in [5.74, 6) is -0.160. The van der Waals surface area contributed by atoms with Crippen LogP contribution < -0.4 is 10.6 Å². The lowest BCUT2D eigenvalue weighted by Gasteiger charge is -2.29. The number of benzene rings is 1. The number of rotatable bonds is 3. The lowest BCUT2D eigenvalue weighted by Crippen LogP contribution is -2.48. The van der Waals surface area contributed by atoms with Gasteiger partial charge in [-0.1, -0.05) is 28.4 Å². The van der Waals surface area contributed by atoms with Gasteiger partial charge in [0.1, 0.15) is 0 Å². The van der Waals surface area contributed by atoms with Crippen LogP contribution >= 0.6 is 23.2 Å². The highest BCUT2D eigenvalue weighted by atomic mass is 35.5. The van der Waals surface area contributed by atoms with Gasteiger partial charge in [-0.05, 0) is 18.2 Å². The summed E-state index contributed by atoms with van der Waals surface area (Å²) >= 11 is 11.9. The van der Waals surface area contributed by atoms with Gasteiger partial charge in [0.25, 0.3) is 0 Å². The van der Waals surface area contributed by atoms with E-state index < -0.39 is 12.0 Å². The largest absolute Gasteiger partial charge is 0.367 e. The predicted molar refractivity (Wildman–Crippen MR) is 80.9 cm³/mol. The van der Waals surface area contributed by atoms with Crippen molar-refractivity contribution in [3.05, 3.63) is 28.2 Å². The van der Waals surface area contributed by atoms with Crippen molar-refractivity contribution in [2.45, 2.75) is 6.10 Å². The van der Waals surface area contributed by atoms with Crippen LogP contribution in [-0.4, -0.2) is 41.8 Å². The zero-order chi connectivity index (χ0) is 15.7. The highest BCUT2D eigenvalue weighted by Crippen LogP contribution is 2.27. The Morgan fingerprint density at radius 3 is 2.73 bits per heavy atom. The third-order valence-corrected chi connectivity index (χ3v) is 3.63. The molecule has 0 spiro atoms. The Morgan fingerprint density at radius 2 is 2.05 bits per heavy atom. The summed E-state index contributed by atoms with van der Waals surface area (Å²) in [6.07, 6.45) is -0.690. The number of aromatic nitrogens is 2. The van der Waals surface area contributed by atoms with E-state index in [4.69, 9.17) is 38.2 Å². The van der Waals surface area contributed by atoms with Crippen LogP contribution in [0.25, 0.3) is 11.4 Å². The zero-order valence-corrected chi connectivity index (χ0v) is 12.8. The first-order chi connectivity index (χ1) is 10.5. The van der Waals surface area contributed by atoms with Crippen molar-refractivity contribution in [2.75, 3.05) is 24.6 Å². The summed E-state index contributed by atoms with van der Waals surface area (Å²) in [6.45, 7) is 1.16. The predicted octanol–water partition coefficient (Wildman–Crippen LogP) is 1.73. The lowest BCUT2D eigenvalue weighted by atomic mass is 10.2. The topological polar surface area (TPSA) is 94.5 Å². The quantitative estimate of drug-likeness (QED) is 0.912. The lowest BCUT2D eigenvalue weighted by molar-refractivity contribution is -0.130. The first-order valence-electron chi connectivity index (χ1n) is 6.49. The number of anilines is 1. The first kappa shape index (κ1) is 15.1. The molecule has 1 amide bonds. The first-order valence-corrected chi connectivity index (χ1v) is 7.24. The van der Waals surface area contributed by atoms with Crippen molar-refractivity contribution in [3.8, 4) is 11.4 Å². The third-order valence-electron chi connectivity index (χ3n) is 3.19. The molecule has 1 aliphatic heterocycles. The molecule has 7 nitrogen and oxygen atoms in total. The van der Waals surface area contributed by atoms with Gasteiger partial charge in [0.2, 0.25) is 11.7 Å². The standard InChI is InChI=1S/C13H12Cl2N4O3/c14-8-3-7(4-9(15)5-8)12-17-13(22-18-12)19-1-2-21-10(6-19)11(16)20/h3-5,10H,1-2,6H2,(H2,16,20)/t10-/m0/s1. The van der Waals surface area contributed by atoms with Crippen LogP contribution in [0.4, 0.5) is 6.01 Å². The van der Waals surface area contributed by atoms with Crippen LogP contribution in [0.1, 0.15) is 0 Å². The fourth-order valence-corrected chi connectivity index (χ4v) is 2.67. The van der Waals surface area contributed by atoms with Crippen LogP contribution in [-0.2, 0) is 9.53 Å². The number of primary amides is 1. The molecule has 1 aromatic carbocycles. The number of morpholine rings is 1. The van der Waals surface area contributed by atoms with Gasteiger partial charge in [-0.3, -0.25) is 4.79 Å². The molecule has 0 radical (unpaired) electrons. The van der Waals surface area contributed by atoms with E-state index in [-0.39, 0.29) is 6.54 Å². The van der Waals surface area contributed by atoms with Gasteiger partial charge >= 0.3 is 6.01 Å². The number of halogens is 2. The second-order valence-electron chi connectivity index (χ2n) is 4.77. The fourth-order valence-electron chi connectivity index (χ4n) is 2.14. The van der Waals surface area contributed by atoms with E-state index in [1.165, 1.54) is 0 Å². The highest BCUT2D eigenvalue weighted by molar-refractivity contribution is 6.35. The number of nitrogens with zero attached hydrogens (tertiary/aromatic N) is 3. The van der Waals surface area contributed by atoms with E-state index in [2.05, 4.69) is 10.1 Å². The summed E-state index contributed by atoms with van der Waals surface area (Å²) in [4.78, 5) is 17.3. The van der Waals surface area contributed by atoms with Gasteiger partial charge in [-0.25, -0.2) is 0 Å². The number of carbonyl (C=O) groups is 1. The van der Waals surface area contributed by atoms with Crippen molar-refractivity contribution < 1.29 is 14.1 Å². The minimum absolute atomic E-state index is 0.271. The molecule has 0 unspecified atom stereocenters. The van der Waals surface area contributed by atoms with Crippen molar-refractivity contribution >= 4 is 35.1 Å². The van der Waals surface area contributed by atoms with E-state index in [1.54, 1.807) is 23.1 Å². The number of amides is 1. The Kier molecular flexibility index (Phi) is 4.19. The summed E-state index contributed by atoms with van der Waals surface area (Å²) in [5, 5.41) is 4.87. The van der Waals surface area contributed by atoms with Crippen LogP contribution in [0, 0.1) is 0 Å². The van der Waals surface area contributed by atoms with Crippen LogP contribution in [0.5, 0.6) is 0 Å². The molecule has 3 rings (SSSR count). The Bertz CT molecular complexity index is 686. The van der Waals surface area contributed by atoms with Gasteiger partial charge in [-0.2, -0.15) is 4.98 Å². The van der Waals surface area contributed by atoms with E-state index in [0.717, 1.165) is 0 Å². The van der Waals surface area contributed by atoms with E-state index in [0.29, 0.717) is 40.6 Å². The highest BCUT2D eigenvalue weighted by Gasteiger charge is 2.28. The number of hydrogen-bond acceptors (Lipinski definition) is 6. The summed E-state index contributed by atoms with van der Waals surface area (Å²) in [5.41, 5.74) is 5.90. The minimum Gasteiger partial charge on any atom is -0.367 e. The van der Waals surface area contributed by atoms with Gasteiger partial charge in [0, 0.05) is 22.2 Å². The number of carbonyl (C=O) groups excluding carboxylic acids is 1. The Balaban J connectivity index is 1.82. The molecule has 9 heteroatoms. The maximum absolute atomic E-state index is 11.2. The summed E-state index contributed by atoms with van der Waals surface area (Å²) < 4.78 is 10.5. The van der Waals surface area contributed by atoms with Gasteiger partial charge in [0.15, 0.2) is 6.10 Å². The molecule has 22 heavy (non-hydrogen) atoms. The van der Waals surface area contributed by atoms with Crippen LogP contribution in [0.2, 0.25) is 10.0 Å². The maximum atomic E-state index is 11.2. The Morgan fingerprint density at radius 1 is 1.32 bits per heavy atom. The number of nitrogens with two attached hydrogens (primary N) is 1. The molecule has 0 saturated carbocycles. The monoisotopic (exact) mass is 342 g/mol. The molecule has 1 fully saturated rings. The van der Waals surface area contributed by atoms with Gasteiger partial charge in [0.05, 0.1) is 13.2 Å². The average molecular weight is 343 g/mol. The van der Waals surface area contributed by atoms with Crippen molar-refractivity contribution in [1.82, 2.24) is 10.1 Å². The normalized spacial score (nSPS) is 18.5. The molecule has 2 heterocycles. The third kappa shape index (κ3) is 3.16. The summed E-state index contributed by atoms with van der Waals surface area (Å²) in [7, 11) is 0.